The molecule has 24 heavy (non-hydrogen) atoms. The molecule has 0 aliphatic heterocycles. The molecule has 0 saturated heterocycles. The molecule has 1 fully saturated rings. The number of amides is 1. The summed E-state index contributed by atoms with van der Waals surface area (Å²) in [7, 11) is 1.51. The maximum absolute atomic E-state index is 11.9. The van der Waals surface area contributed by atoms with Gasteiger partial charge < -0.3 is 14.6 Å². The number of anilines is 1. The molecule has 0 bridgehead atoms. The molecule has 132 valence electrons. The molecule has 1 aliphatic carbocycles. The van der Waals surface area contributed by atoms with E-state index in [2.05, 4.69) is 5.32 Å². The largest absolute Gasteiger partial charge is 0.495 e. The first kappa shape index (κ1) is 18.1. The molecule has 1 aromatic carbocycles. The van der Waals surface area contributed by atoms with Crippen LogP contribution in [-0.2, 0) is 9.53 Å². The highest BCUT2D eigenvalue weighted by Crippen LogP contribution is 2.64. The molecular weight excluding hydrogens is 310 g/mol. The quantitative estimate of drug-likeness (QED) is 0.872. The summed E-state index contributed by atoms with van der Waals surface area (Å²) in [6.07, 6.45) is -0.566. The van der Waals surface area contributed by atoms with E-state index in [4.69, 9.17) is 9.47 Å². The van der Waals surface area contributed by atoms with Crippen LogP contribution in [0.25, 0.3) is 0 Å². The highest BCUT2D eigenvalue weighted by Gasteiger charge is 2.62. The van der Waals surface area contributed by atoms with Gasteiger partial charge in [-0.05, 0) is 43.9 Å². The van der Waals surface area contributed by atoms with Gasteiger partial charge in [-0.1, -0.05) is 19.9 Å². The van der Waals surface area contributed by atoms with Gasteiger partial charge in [-0.3, -0.25) is 10.1 Å². The summed E-state index contributed by atoms with van der Waals surface area (Å²) in [6.45, 7) is 9.24. The van der Waals surface area contributed by atoms with Crippen molar-refractivity contribution in [2.75, 3.05) is 12.4 Å². The Morgan fingerprint density at radius 1 is 1.25 bits per heavy atom. The number of hydrogen-bond donors (Lipinski definition) is 2. The Labute approximate surface area is 142 Å². The second-order valence-electron chi connectivity index (χ2n) is 7.70. The summed E-state index contributed by atoms with van der Waals surface area (Å²) in [6, 6.07) is 5.32. The van der Waals surface area contributed by atoms with Gasteiger partial charge in [0.1, 0.15) is 11.4 Å². The van der Waals surface area contributed by atoms with Crippen LogP contribution in [-0.4, -0.2) is 29.9 Å². The third-order valence-electron chi connectivity index (χ3n) is 4.31. The lowest BCUT2D eigenvalue weighted by Crippen LogP contribution is -2.27. The van der Waals surface area contributed by atoms with Crippen molar-refractivity contribution in [3.63, 3.8) is 0 Å². The fraction of sp³-hybridized carbons (Fsp3) is 0.556. The maximum atomic E-state index is 11.9. The lowest BCUT2D eigenvalue weighted by Gasteiger charge is -2.20. The average Bonchev–Trinajstić information content (AvgIpc) is 3.00. The Balaban J connectivity index is 2.20. The van der Waals surface area contributed by atoms with Crippen molar-refractivity contribution in [3.8, 4) is 5.75 Å². The second-order valence-corrected chi connectivity index (χ2v) is 7.70. The smallest absolute Gasteiger partial charge is 0.412 e. The number of carbonyl (C=O) groups excluding carboxylic acids is 1. The van der Waals surface area contributed by atoms with E-state index in [0.717, 1.165) is 5.56 Å². The Morgan fingerprint density at radius 2 is 1.88 bits per heavy atom. The van der Waals surface area contributed by atoms with Crippen molar-refractivity contribution in [1.29, 1.82) is 0 Å². The molecule has 0 aromatic heterocycles. The Kier molecular flexibility index (Phi) is 4.52. The number of carboxylic acids is 1. The van der Waals surface area contributed by atoms with Gasteiger partial charge in [0.25, 0.3) is 0 Å². The molecule has 0 spiro atoms. The minimum Gasteiger partial charge on any atom is -0.495 e. The molecule has 1 aromatic rings. The van der Waals surface area contributed by atoms with Gasteiger partial charge in [0.2, 0.25) is 0 Å². The summed E-state index contributed by atoms with van der Waals surface area (Å²) >= 11 is 0. The van der Waals surface area contributed by atoms with Crippen LogP contribution in [0.3, 0.4) is 0 Å². The van der Waals surface area contributed by atoms with Crippen molar-refractivity contribution in [1.82, 2.24) is 0 Å². The van der Waals surface area contributed by atoms with E-state index in [0.29, 0.717) is 11.4 Å². The predicted molar refractivity (Wildman–Crippen MR) is 90.5 cm³/mol. The summed E-state index contributed by atoms with van der Waals surface area (Å²) in [4.78, 5) is 23.3. The molecule has 6 nitrogen and oxygen atoms in total. The number of methoxy groups -OCH3 is 1. The summed E-state index contributed by atoms with van der Waals surface area (Å²) < 4.78 is 10.6. The fourth-order valence-corrected chi connectivity index (χ4v) is 3.14. The molecule has 2 rings (SSSR count). The van der Waals surface area contributed by atoms with Gasteiger partial charge in [-0.25, -0.2) is 4.79 Å². The number of carboxylic acid groups (broad SMARTS) is 1. The highest BCUT2D eigenvalue weighted by atomic mass is 16.6. The molecule has 0 radical (unpaired) electrons. The zero-order valence-electron chi connectivity index (χ0n) is 15.0. The van der Waals surface area contributed by atoms with E-state index < -0.39 is 23.6 Å². The minimum atomic E-state index is -0.792. The Morgan fingerprint density at radius 3 is 2.33 bits per heavy atom. The van der Waals surface area contributed by atoms with Crippen LogP contribution in [0.2, 0.25) is 0 Å². The standard InChI is InChI=1S/C18H25NO5/c1-17(2,3)24-16(22)19-11-8-7-10(9-12(11)23-6)13-14(15(20)21)18(13,4)5/h7-9,13-14H,1-6H3,(H,19,22)(H,20,21)/t13-,14+/m1/s1. The lowest BCUT2D eigenvalue weighted by molar-refractivity contribution is -0.139. The minimum absolute atomic E-state index is 0.0699. The summed E-state index contributed by atoms with van der Waals surface area (Å²) in [5, 5.41) is 12.0. The number of carbonyl (C=O) groups is 2. The van der Waals surface area contributed by atoms with Crippen LogP contribution in [0.15, 0.2) is 18.2 Å². The van der Waals surface area contributed by atoms with Crippen molar-refractivity contribution in [2.24, 2.45) is 11.3 Å². The Bertz CT molecular complexity index is 660. The number of aliphatic carboxylic acids is 1. The van der Waals surface area contributed by atoms with Gasteiger partial charge in [0.15, 0.2) is 0 Å². The van der Waals surface area contributed by atoms with Crippen molar-refractivity contribution in [3.05, 3.63) is 23.8 Å². The van der Waals surface area contributed by atoms with E-state index in [9.17, 15) is 14.7 Å². The zero-order chi connectivity index (χ0) is 18.3. The average molecular weight is 335 g/mol. The van der Waals surface area contributed by atoms with Crippen LogP contribution in [0.5, 0.6) is 5.75 Å². The number of nitrogens with one attached hydrogen (secondary N) is 1. The topological polar surface area (TPSA) is 84.9 Å². The van der Waals surface area contributed by atoms with Crippen molar-refractivity contribution < 1.29 is 24.2 Å². The predicted octanol–water partition coefficient (Wildman–Crippen LogP) is 3.87. The number of rotatable bonds is 4. The fourth-order valence-electron chi connectivity index (χ4n) is 3.14. The van der Waals surface area contributed by atoms with Gasteiger partial charge in [-0.2, -0.15) is 0 Å². The van der Waals surface area contributed by atoms with E-state index >= 15 is 0 Å². The summed E-state index contributed by atoms with van der Waals surface area (Å²) in [5.41, 5.74) is 0.487. The molecular formula is C18H25NO5. The number of ether oxygens (including phenoxy) is 2. The van der Waals surface area contributed by atoms with Crippen LogP contribution in [0.4, 0.5) is 10.5 Å². The maximum Gasteiger partial charge on any atom is 0.412 e. The van der Waals surface area contributed by atoms with Crippen molar-refractivity contribution >= 4 is 17.7 Å². The normalized spacial score (nSPS) is 21.8. The van der Waals surface area contributed by atoms with Crippen molar-refractivity contribution in [2.45, 2.75) is 46.1 Å². The molecule has 0 heterocycles. The van der Waals surface area contributed by atoms with E-state index in [1.807, 2.05) is 19.9 Å². The van der Waals surface area contributed by atoms with E-state index in [1.165, 1.54) is 7.11 Å². The molecule has 1 aliphatic rings. The zero-order valence-corrected chi connectivity index (χ0v) is 15.0. The first-order chi connectivity index (χ1) is 11.0. The van der Waals surface area contributed by atoms with Gasteiger partial charge >= 0.3 is 12.1 Å². The number of hydrogen-bond acceptors (Lipinski definition) is 4. The highest BCUT2D eigenvalue weighted by molar-refractivity contribution is 5.87. The van der Waals surface area contributed by atoms with Gasteiger partial charge in [0, 0.05) is 5.92 Å². The van der Waals surface area contributed by atoms with E-state index in [-0.39, 0.29) is 11.3 Å². The van der Waals surface area contributed by atoms with Gasteiger partial charge in [0.05, 0.1) is 18.7 Å². The molecule has 0 unspecified atom stereocenters. The first-order valence-corrected chi connectivity index (χ1v) is 7.88. The first-order valence-electron chi connectivity index (χ1n) is 7.88. The second kappa shape index (κ2) is 6.00. The summed E-state index contributed by atoms with van der Waals surface area (Å²) in [5.74, 6) is -0.795. The van der Waals surface area contributed by atoms with E-state index in [1.54, 1.807) is 32.9 Å². The van der Waals surface area contributed by atoms with Crippen LogP contribution < -0.4 is 10.1 Å². The molecule has 2 N–H and O–H groups in total. The third kappa shape index (κ3) is 3.63. The molecule has 6 heteroatoms. The van der Waals surface area contributed by atoms with Gasteiger partial charge in [-0.15, -0.1) is 0 Å². The SMILES string of the molecule is COc1cc([C@@H]2[C@@H](C(=O)O)C2(C)C)ccc1NC(=O)OC(C)(C)C. The monoisotopic (exact) mass is 335 g/mol. The molecule has 1 amide bonds. The van der Waals surface area contributed by atoms with Crippen LogP contribution >= 0.6 is 0 Å². The van der Waals surface area contributed by atoms with Crippen LogP contribution in [0, 0.1) is 11.3 Å². The third-order valence-corrected chi connectivity index (χ3v) is 4.31. The molecule has 2 atom stereocenters. The van der Waals surface area contributed by atoms with Crippen LogP contribution in [0.1, 0.15) is 46.1 Å². The lowest BCUT2D eigenvalue weighted by atomic mass is 10.0. The molecule has 1 saturated carbocycles. The number of benzene rings is 1. The Hall–Kier alpha value is -2.24.